The van der Waals surface area contributed by atoms with E-state index in [1.807, 2.05) is 24.3 Å². The number of fused-ring (bicyclic) bond motifs is 7. The van der Waals surface area contributed by atoms with Gasteiger partial charge in [0, 0.05) is 38.6 Å². The number of furan rings is 2. The van der Waals surface area contributed by atoms with Crippen LogP contribution < -0.4 is 0 Å². The van der Waals surface area contributed by atoms with Gasteiger partial charge in [-0.3, -0.25) is 0 Å². The van der Waals surface area contributed by atoms with E-state index in [1.165, 1.54) is 0 Å². The van der Waals surface area contributed by atoms with Gasteiger partial charge in [0.05, 0.1) is 0 Å². The summed E-state index contributed by atoms with van der Waals surface area (Å²) in [6, 6.07) is 50.6. The van der Waals surface area contributed by atoms with Crippen LogP contribution in [0.25, 0.3) is 99.7 Å². The molecule has 3 heterocycles. The number of allylic oxidation sites excluding steroid dienone is 4. The van der Waals surface area contributed by atoms with Gasteiger partial charge in [-0.25, -0.2) is 15.0 Å². The molecular formula is C49H31N3O2. The molecule has 0 N–H and O–H groups in total. The lowest BCUT2D eigenvalue weighted by atomic mass is 9.92. The molecule has 0 saturated carbocycles. The highest BCUT2D eigenvalue weighted by Gasteiger charge is 2.21. The predicted molar refractivity (Wildman–Crippen MR) is 219 cm³/mol. The third-order valence-electron chi connectivity index (χ3n) is 10.7. The maximum atomic E-state index is 6.51. The first-order valence-corrected chi connectivity index (χ1v) is 18.3. The SMILES string of the molecule is C1=CCC(c2nc(-c3ccc4c(c3)oc3ccccc34)nc(-c3cccc4c(-c5cccc6oc7cc(-c8ccccc8)ccc7c56)cccc34)n2)C=C1. The van der Waals surface area contributed by atoms with Crippen LogP contribution in [0.2, 0.25) is 0 Å². The Bertz CT molecular complexity index is 3150. The maximum Gasteiger partial charge on any atom is 0.164 e. The fraction of sp³-hybridized carbons (Fsp3) is 0.0408. The van der Waals surface area contributed by atoms with E-state index in [4.69, 9.17) is 23.8 Å². The van der Waals surface area contributed by atoms with Gasteiger partial charge in [0.25, 0.3) is 0 Å². The minimum atomic E-state index is 0.0466. The first kappa shape index (κ1) is 30.5. The summed E-state index contributed by atoms with van der Waals surface area (Å²) < 4.78 is 12.8. The van der Waals surface area contributed by atoms with Gasteiger partial charge in [-0.15, -0.1) is 0 Å². The zero-order valence-corrected chi connectivity index (χ0v) is 29.1. The van der Waals surface area contributed by atoms with Crippen molar-refractivity contribution in [3.8, 4) is 45.0 Å². The van der Waals surface area contributed by atoms with Crippen LogP contribution in [0, 0.1) is 0 Å². The maximum absolute atomic E-state index is 6.51. The third-order valence-corrected chi connectivity index (χ3v) is 10.7. The van der Waals surface area contributed by atoms with Crippen LogP contribution in [0.4, 0.5) is 0 Å². The smallest absolute Gasteiger partial charge is 0.164 e. The summed E-state index contributed by atoms with van der Waals surface area (Å²) in [5, 5.41) is 6.55. The fourth-order valence-electron chi connectivity index (χ4n) is 8.04. The van der Waals surface area contributed by atoms with Crippen molar-refractivity contribution < 1.29 is 8.83 Å². The standard InChI is InChI=1S/C49H31N3O2/c1-3-12-30(13-4-1)32-24-27-41-45(28-32)54-43-23-11-20-39(46(41)43)35-18-9-19-36-34(35)17-10-21-40(36)49-51-47(31-14-5-2-6-15-31)50-48(52-49)33-25-26-38-37-16-7-8-22-42(37)53-44(38)29-33/h1-14,16-29,31H,15H2. The Kier molecular flexibility index (Phi) is 6.92. The molecule has 254 valence electrons. The second-order valence-corrected chi connectivity index (χ2v) is 13.9. The molecule has 5 nitrogen and oxygen atoms in total. The lowest BCUT2D eigenvalue weighted by molar-refractivity contribution is 0.668. The number of hydrogen-bond donors (Lipinski definition) is 0. The number of nitrogens with zero attached hydrogens (tertiary/aromatic N) is 3. The van der Waals surface area contributed by atoms with Crippen molar-refractivity contribution in [2.45, 2.75) is 12.3 Å². The largest absolute Gasteiger partial charge is 0.456 e. The zero-order valence-electron chi connectivity index (χ0n) is 29.1. The molecule has 0 aliphatic heterocycles. The lowest BCUT2D eigenvalue weighted by Crippen LogP contribution is -2.08. The van der Waals surface area contributed by atoms with E-state index >= 15 is 0 Å². The van der Waals surface area contributed by atoms with E-state index in [9.17, 15) is 0 Å². The topological polar surface area (TPSA) is 65.0 Å². The first-order chi connectivity index (χ1) is 26.7. The van der Waals surface area contributed by atoms with Crippen molar-refractivity contribution in [1.82, 2.24) is 15.0 Å². The summed E-state index contributed by atoms with van der Waals surface area (Å²) in [5.41, 5.74) is 9.79. The van der Waals surface area contributed by atoms with Crippen LogP contribution >= 0.6 is 0 Å². The highest BCUT2D eigenvalue weighted by atomic mass is 16.3. The minimum absolute atomic E-state index is 0.0466. The van der Waals surface area contributed by atoms with Crippen molar-refractivity contribution in [1.29, 1.82) is 0 Å². The van der Waals surface area contributed by atoms with E-state index in [-0.39, 0.29) is 5.92 Å². The Labute approximate surface area is 310 Å². The van der Waals surface area contributed by atoms with E-state index in [0.29, 0.717) is 11.6 Å². The second-order valence-electron chi connectivity index (χ2n) is 13.9. The van der Waals surface area contributed by atoms with Crippen molar-refractivity contribution in [3.05, 3.63) is 176 Å². The number of para-hydroxylation sites is 1. The molecular weight excluding hydrogens is 663 g/mol. The third kappa shape index (κ3) is 4.97. The van der Waals surface area contributed by atoms with Gasteiger partial charge in [0.15, 0.2) is 11.6 Å². The summed E-state index contributed by atoms with van der Waals surface area (Å²) in [4.78, 5) is 15.4. The first-order valence-electron chi connectivity index (χ1n) is 18.3. The molecule has 0 saturated heterocycles. The van der Waals surface area contributed by atoms with E-state index in [1.54, 1.807) is 0 Å². The Morgan fingerprint density at radius 2 is 1.07 bits per heavy atom. The molecule has 1 aliphatic rings. The molecule has 1 atom stereocenters. The molecule has 10 aromatic rings. The van der Waals surface area contributed by atoms with Gasteiger partial charge in [0.2, 0.25) is 0 Å². The van der Waals surface area contributed by atoms with Crippen LogP contribution in [0.15, 0.2) is 179 Å². The Morgan fingerprint density at radius 3 is 1.96 bits per heavy atom. The zero-order chi connectivity index (χ0) is 35.6. The summed E-state index contributed by atoms with van der Waals surface area (Å²) in [6.07, 6.45) is 9.32. The normalized spacial score (nSPS) is 14.3. The summed E-state index contributed by atoms with van der Waals surface area (Å²) in [7, 11) is 0. The Hall–Kier alpha value is -7.11. The van der Waals surface area contributed by atoms with E-state index in [0.717, 1.165) is 100 Å². The molecule has 11 rings (SSSR count). The number of benzene rings is 7. The van der Waals surface area contributed by atoms with Gasteiger partial charge in [0.1, 0.15) is 28.2 Å². The van der Waals surface area contributed by atoms with Gasteiger partial charge in [-0.05, 0) is 75.8 Å². The molecule has 0 bridgehead atoms. The molecule has 1 aliphatic carbocycles. The lowest BCUT2D eigenvalue weighted by Gasteiger charge is -2.16. The summed E-state index contributed by atoms with van der Waals surface area (Å²) in [6.45, 7) is 0. The van der Waals surface area contributed by atoms with Crippen LogP contribution in [-0.2, 0) is 0 Å². The molecule has 54 heavy (non-hydrogen) atoms. The number of aromatic nitrogens is 3. The van der Waals surface area contributed by atoms with Crippen LogP contribution in [0.5, 0.6) is 0 Å². The van der Waals surface area contributed by atoms with Crippen LogP contribution in [0.3, 0.4) is 0 Å². The Balaban J connectivity index is 1.08. The molecule has 0 fully saturated rings. The monoisotopic (exact) mass is 693 g/mol. The molecule has 0 radical (unpaired) electrons. The molecule has 1 unspecified atom stereocenters. The molecule has 3 aromatic heterocycles. The fourth-order valence-corrected chi connectivity index (χ4v) is 8.04. The average Bonchev–Trinajstić information content (AvgIpc) is 3.81. The summed E-state index contributed by atoms with van der Waals surface area (Å²) >= 11 is 0. The van der Waals surface area contributed by atoms with Gasteiger partial charge in [-0.1, -0.05) is 133 Å². The predicted octanol–water partition coefficient (Wildman–Crippen LogP) is 13.1. The number of rotatable bonds is 5. The number of hydrogen-bond acceptors (Lipinski definition) is 5. The van der Waals surface area contributed by atoms with Crippen LogP contribution in [-0.4, -0.2) is 15.0 Å². The van der Waals surface area contributed by atoms with Gasteiger partial charge >= 0.3 is 0 Å². The van der Waals surface area contributed by atoms with Gasteiger partial charge < -0.3 is 8.83 Å². The van der Waals surface area contributed by atoms with Crippen molar-refractivity contribution >= 4 is 54.6 Å². The van der Waals surface area contributed by atoms with Crippen molar-refractivity contribution in [2.75, 3.05) is 0 Å². The molecule has 0 spiro atoms. The average molecular weight is 694 g/mol. The molecule has 7 aromatic carbocycles. The van der Waals surface area contributed by atoms with Crippen LogP contribution in [0.1, 0.15) is 18.2 Å². The highest BCUT2D eigenvalue weighted by molar-refractivity contribution is 6.16. The summed E-state index contributed by atoms with van der Waals surface area (Å²) in [5.74, 6) is 2.06. The van der Waals surface area contributed by atoms with Crippen molar-refractivity contribution in [3.63, 3.8) is 0 Å². The van der Waals surface area contributed by atoms with E-state index < -0.39 is 0 Å². The molecule has 5 heteroatoms. The minimum Gasteiger partial charge on any atom is -0.456 e. The van der Waals surface area contributed by atoms with E-state index in [2.05, 4.69) is 146 Å². The molecule has 0 amide bonds. The highest BCUT2D eigenvalue weighted by Crippen LogP contribution is 2.42. The quantitative estimate of drug-likeness (QED) is 0.179. The Morgan fingerprint density at radius 1 is 0.426 bits per heavy atom. The second kappa shape index (κ2) is 12.2. The van der Waals surface area contributed by atoms with Crippen molar-refractivity contribution in [2.24, 2.45) is 0 Å². The van der Waals surface area contributed by atoms with Gasteiger partial charge in [-0.2, -0.15) is 0 Å².